The zero-order valence-corrected chi connectivity index (χ0v) is 10.8. The SMILES string of the molecule is Nc1nc(OCc2ccccc2F)nc(-n2cccn2)n1. The number of halogens is 1. The molecule has 0 aliphatic rings. The fraction of sp³-hybridized carbons (Fsp3) is 0.0769. The van der Waals surface area contributed by atoms with Crippen molar-refractivity contribution in [2.75, 3.05) is 5.73 Å². The van der Waals surface area contributed by atoms with Crippen molar-refractivity contribution >= 4 is 5.95 Å². The highest BCUT2D eigenvalue weighted by molar-refractivity contribution is 5.25. The number of nitrogen functional groups attached to an aromatic ring is 1. The molecule has 106 valence electrons. The van der Waals surface area contributed by atoms with Gasteiger partial charge in [0.25, 0.3) is 5.95 Å². The van der Waals surface area contributed by atoms with Gasteiger partial charge in [0, 0.05) is 18.0 Å². The first kappa shape index (κ1) is 13.0. The average Bonchev–Trinajstić information content (AvgIpc) is 3.00. The first-order valence-corrected chi connectivity index (χ1v) is 6.10. The normalized spacial score (nSPS) is 10.5. The molecule has 3 aromatic rings. The van der Waals surface area contributed by atoms with Crippen LogP contribution in [0.15, 0.2) is 42.7 Å². The number of aromatic nitrogens is 5. The molecule has 0 saturated carbocycles. The van der Waals surface area contributed by atoms with Crippen LogP contribution in [0.1, 0.15) is 5.56 Å². The van der Waals surface area contributed by atoms with Crippen LogP contribution < -0.4 is 10.5 Å². The zero-order valence-electron chi connectivity index (χ0n) is 10.8. The van der Waals surface area contributed by atoms with E-state index in [-0.39, 0.29) is 30.3 Å². The molecule has 2 N–H and O–H groups in total. The lowest BCUT2D eigenvalue weighted by atomic mass is 10.2. The van der Waals surface area contributed by atoms with E-state index in [1.165, 1.54) is 10.7 Å². The molecule has 0 fully saturated rings. The number of hydrogen-bond donors (Lipinski definition) is 1. The van der Waals surface area contributed by atoms with Crippen molar-refractivity contribution in [1.82, 2.24) is 24.7 Å². The summed E-state index contributed by atoms with van der Waals surface area (Å²) < 4.78 is 20.3. The molecule has 0 unspecified atom stereocenters. The first-order valence-electron chi connectivity index (χ1n) is 6.10. The molecule has 0 spiro atoms. The van der Waals surface area contributed by atoms with Crippen LogP contribution in [-0.4, -0.2) is 24.7 Å². The van der Waals surface area contributed by atoms with Crippen LogP contribution in [0.4, 0.5) is 10.3 Å². The molecular weight excluding hydrogens is 275 g/mol. The monoisotopic (exact) mass is 286 g/mol. The number of hydrogen-bond acceptors (Lipinski definition) is 6. The van der Waals surface area contributed by atoms with Crippen molar-refractivity contribution in [1.29, 1.82) is 0 Å². The maximum Gasteiger partial charge on any atom is 0.323 e. The number of nitrogens with zero attached hydrogens (tertiary/aromatic N) is 5. The molecule has 2 aromatic heterocycles. The molecule has 3 rings (SSSR count). The molecule has 0 aliphatic heterocycles. The fourth-order valence-corrected chi connectivity index (χ4v) is 1.67. The van der Waals surface area contributed by atoms with Gasteiger partial charge >= 0.3 is 6.01 Å². The van der Waals surface area contributed by atoms with E-state index in [9.17, 15) is 4.39 Å². The summed E-state index contributed by atoms with van der Waals surface area (Å²) in [6.45, 7) is -0.00528. The van der Waals surface area contributed by atoms with Crippen LogP contribution in [0.3, 0.4) is 0 Å². The second-order valence-electron chi connectivity index (χ2n) is 4.11. The van der Waals surface area contributed by atoms with E-state index < -0.39 is 0 Å². The van der Waals surface area contributed by atoms with Gasteiger partial charge in [0.1, 0.15) is 12.4 Å². The van der Waals surface area contributed by atoms with Gasteiger partial charge in [-0.05, 0) is 12.1 Å². The Morgan fingerprint density at radius 2 is 2.00 bits per heavy atom. The van der Waals surface area contributed by atoms with Crippen LogP contribution in [0.25, 0.3) is 5.95 Å². The number of nitrogens with two attached hydrogens (primary N) is 1. The summed E-state index contributed by atoms with van der Waals surface area (Å²) in [7, 11) is 0. The number of rotatable bonds is 4. The summed E-state index contributed by atoms with van der Waals surface area (Å²) in [6, 6.07) is 8.04. The van der Waals surface area contributed by atoms with Gasteiger partial charge in [-0.2, -0.15) is 20.1 Å². The molecule has 1 aromatic carbocycles. The van der Waals surface area contributed by atoms with Crippen molar-refractivity contribution in [3.63, 3.8) is 0 Å². The van der Waals surface area contributed by atoms with Gasteiger partial charge in [-0.25, -0.2) is 9.07 Å². The van der Waals surface area contributed by atoms with Crippen molar-refractivity contribution < 1.29 is 9.13 Å². The van der Waals surface area contributed by atoms with Crippen molar-refractivity contribution in [3.8, 4) is 12.0 Å². The molecule has 0 atom stereocenters. The van der Waals surface area contributed by atoms with Crippen LogP contribution in [0.5, 0.6) is 6.01 Å². The molecule has 0 aliphatic carbocycles. The average molecular weight is 286 g/mol. The van der Waals surface area contributed by atoms with Gasteiger partial charge in [0.15, 0.2) is 0 Å². The Hall–Kier alpha value is -3.03. The minimum Gasteiger partial charge on any atom is -0.458 e. The smallest absolute Gasteiger partial charge is 0.323 e. The van der Waals surface area contributed by atoms with E-state index >= 15 is 0 Å². The number of ether oxygens (including phenoxy) is 1. The number of anilines is 1. The summed E-state index contributed by atoms with van der Waals surface area (Å²) in [5.41, 5.74) is 6.01. The lowest BCUT2D eigenvalue weighted by Gasteiger charge is -2.07. The second kappa shape index (κ2) is 5.53. The van der Waals surface area contributed by atoms with Crippen LogP contribution in [0, 0.1) is 5.82 Å². The van der Waals surface area contributed by atoms with Crippen LogP contribution in [0.2, 0.25) is 0 Å². The third-order valence-corrected chi connectivity index (χ3v) is 2.64. The Kier molecular flexibility index (Phi) is 3.42. The minimum absolute atomic E-state index is 0.000895. The summed E-state index contributed by atoms with van der Waals surface area (Å²) >= 11 is 0. The highest BCUT2D eigenvalue weighted by Crippen LogP contribution is 2.12. The van der Waals surface area contributed by atoms with Gasteiger partial charge in [-0.15, -0.1) is 0 Å². The van der Waals surface area contributed by atoms with Gasteiger partial charge in [0.2, 0.25) is 5.95 Å². The Bertz CT molecular complexity index is 746. The van der Waals surface area contributed by atoms with Crippen LogP contribution >= 0.6 is 0 Å². The number of benzene rings is 1. The second-order valence-corrected chi connectivity index (χ2v) is 4.11. The lowest BCUT2D eigenvalue weighted by Crippen LogP contribution is -2.09. The molecule has 0 saturated heterocycles. The first-order chi connectivity index (χ1) is 10.2. The molecule has 21 heavy (non-hydrogen) atoms. The standard InChI is InChI=1S/C13H11FN6O/c14-10-5-2-1-4-9(10)8-21-13-18-11(15)17-12(19-13)20-7-3-6-16-20/h1-7H,8H2,(H2,15,17,18,19). The van der Waals surface area contributed by atoms with Crippen molar-refractivity contribution in [2.45, 2.75) is 6.61 Å². The fourth-order valence-electron chi connectivity index (χ4n) is 1.67. The summed E-state index contributed by atoms with van der Waals surface area (Å²) in [4.78, 5) is 11.9. The van der Waals surface area contributed by atoms with Gasteiger partial charge < -0.3 is 10.5 Å². The van der Waals surface area contributed by atoms with Gasteiger partial charge in [-0.3, -0.25) is 0 Å². The molecule has 2 heterocycles. The minimum atomic E-state index is -0.355. The van der Waals surface area contributed by atoms with E-state index in [4.69, 9.17) is 10.5 Å². The highest BCUT2D eigenvalue weighted by atomic mass is 19.1. The maximum atomic E-state index is 13.5. The van der Waals surface area contributed by atoms with Gasteiger partial charge in [0.05, 0.1) is 0 Å². The van der Waals surface area contributed by atoms with Crippen LogP contribution in [-0.2, 0) is 6.61 Å². The predicted molar refractivity (Wildman–Crippen MR) is 72.1 cm³/mol. The Morgan fingerprint density at radius 3 is 2.76 bits per heavy atom. The Morgan fingerprint density at radius 1 is 1.14 bits per heavy atom. The quantitative estimate of drug-likeness (QED) is 0.778. The van der Waals surface area contributed by atoms with E-state index in [1.807, 2.05) is 0 Å². The van der Waals surface area contributed by atoms with E-state index in [0.29, 0.717) is 5.56 Å². The summed E-state index contributed by atoms with van der Waals surface area (Å²) in [5.74, 6) is -0.123. The molecule has 7 nitrogen and oxygen atoms in total. The molecule has 0 bridgehead atoms. The maximum absolute atomic E-state index is 13.5. The Balaban J connectivity index is 1.81. The van der Waals surface area contributed by atoms with E-state index in [2.05, 4.69) is 20.1 Å². The predicted octanol–water partition coefficient (Wildman–Crippen LogP) is 1.36. The zero-order chi connectivity index (χ0) is 14.7. The van der Waals surface area contributed by atoms with Crippen molar-refractivity contribution in [3.05, 3.63) is 54.1 Å². The van der Waals surface area contributed by atoms with Gasteiger partial charge in [-0.1, -0.05) is 18.2 Å². The Labute approximate surface area is 119 Å². The summed E-state index contributed by atoms with van der Waals surface area (Å²) in [5, 5.41) is 3.99. The molecule has 0 radical (unpaired) electrons. The summed E-state index contributed by atoms with van der Waals surface area (Å²) in [6.07, 6.45) is 3.25. The third-order valence-electron chi connectivity index (χ3n) is 2.64. The topological polar surface area (TPSA) is 91.7 Å². The molecular formula is C13H11FN6O. The molecule has 0 amide bonds. The van der Waals surface area contributed by atoms with E-state index in [0.717, 1.165) is 0 Å². The molecule has 8 heteroatoms. The van der Waals surface area contributed by atoms with Crippen molar-refractivity contribution in [2.24, 2.45) is 0 Å². The lowest BCUT2D eigenvalue weighted by molar-refractivity contribution is 0.274. The van der Waals surface area contributed by atoms with E-state index in [1.54, 1.807) is 36.7 Å². The largest absolute Gasteiger partial charge is 0.458 e. The highest BCUT2D eigenvalue weighted by Gasteiger charge is 2.09. The third kappa shape index (κ3) is 2.94.